The summed E-state index contributed by atoms with van der Waals surface area (Å²) in [6, 6.07) is 0. The van der Waals surface area contributed by atoms with E-state index >= 15 is 0 Å². The zero-order chi connectivity index (χ0) is 12.8. The Morgan fingerprint density at radius 3 is 2.89 bits per heavy atom. The van der Waals surface area contributed by atoms with Gasteiger partial charge in [0, 0.05) is 13.1 Å². The summed E-state index contributed by atoms with van der Waals surface area (Å²) in [6.07, 6.45) is 6.75. The Balaban J connectivity index is 1.74. The molecular weight excluding hydrogens is 294 g/mol. The second-order valence-electron chi connectivity index (χ2n) is 5.97. The van der Waals surface area contributed by atoms with Crippen LogP contribution in [0, 0.1) is 11.3 Å². The molecule has 2 aliphatic carbocycles. The summed E-state index contributed by atoms with van der Waals surface area (Å²) in [5, 5.41) is 7.58. The normalized spacial score (nSPS) is 20.8. The maximum absolute atomic E-state index is 12.1. The summed E-state index contributed by atoms with van der Waals surface area (Å²) in [6.45, 7) is 3.93. The van der Waals surface area contributed by atoms with Crippen LogP contribution >= 0.6 is 15.9 Å². The Morgan fingerprint density at radius 1 is 1.56 bits per heavy atom. The van der Waals surface area contributed by atoms with E-state index in [0.29, 0.717) is 15.8 Å². The SMILES string of the molecule is CC1(CNc2cnn(CC3CC3)c(=O)c2Br)CC1. The number of anilines is 1. The number of aromatic nitrogens is 2. The zero-order valence-electron chi connectivity index (χ0n) is 10.6. The fourth-order valence-corrected chi connectivity index (χ4v) is 2.41. The first-order valence-corrected chi connectivity index (χ1v) is 7.36. The van der Waals surface area contributed by atoms with Gasteiger partial charge in [-0.05, 0) is 52.9 Å². The van der Waals surface area contributed by atoms with Crippen molar-refractivity contribution in [2.75, 3.05) is 11.9 Å². The molecule has 0 spiro atoms. The van der Waals surface area contributed by atoms with Gasteiger partial charge in [0.05, 0.1) is 11.9 Å². The van der Waals surface area contributed by atoms with E-state index in [9.17, 15) is 4.79 Å². The second kappa shape index (κ2) is 4.37. The van der Waals surface area contributed by atoms with Crippen molar-refractivity contribution in [2.45, 2.75) is 39.2 Å². The third kappa shape index (κ3) is 2.60. The summed E-state index contributed by atoms with van der Waals surface area (Å²) < 4.78 is 2.19. The molecule has 0 radical (unpaired) electrons. The molecule has 2 aliphatic rings. The van der Waals surface area contributed by atoms with Gasteiger partial charge in [0.2, 0.25) is 0 Å². The molecular formula is C13H18BrN3O. The lowest BCUT2D eigenvalue weighted by Crippen LogP contribution is -2.26. The highest BCUT2D eigenvalue weighted by Gasteiger charge is 2.37. The highest BCUT2D eigenvalue weighted by atomic mass is 79.9. The molecule has 2 saturated carbocycles. The van der Waals surface area contributed by atoms with Gasteiger partial charge in [-0.1, -0.05) is 6.92 Å². The summed E-state index contributed by atoms with van der Waals surface area (Å²) >= 11 is 3.39. The first kappa shape index (κ1) is 12.2. The molecule has 5 heteroatoms. The van der Waals surface area contributed by atoms with Crippen LogP contribution in [0.4, 0.5) is 5.69 Å². The summed E-state index contributed by atoms with van der Waals surface area (Å²) in [7, 11) is 0. The Hall–Kier alpha value is -0.840. The molecule has 4 nitrogen and oxygen atoms in total. The third-order valence-electron chi connectivity index (χ3n) is 3.92. The van der Waals surface area contributed by atoms with E-state index in [2.05, 4.69) is 33.3 Å². The average Bonchev–Trinajstić information content (AvgIpc) is 3.24. The minimum Gasteiger partial charge on any atom is -0.382 e. The standard InChI is InChI=1S/C13H18BrN3O/c1-13(4-5-13)8-15-10-6-16-17(7-9-2-3-9)12(18)11(10)14/h6,9,15H,2-5,7-8H2,1H3. The van der Waals surface area contributed by atoms with Gasteiger partial charge in [0.1, 0.15) is 4.47 Å². The topological polar surface area (TPSA) is 46.9 Å². The number of hydrogen-bond acceptors (Lipinski definition) is 3. The van der Waals surface area contributed by atoms with Crippen LogP contribution in [0.2, 0.25) is 0 Å². The van der Waals surface area contributed by atoms with Gasteiger partial charge in [-0.2, -0.15) is 5.10 Å². The van der Waals surface area contributed by atoms with E-state index in [1.165, 1.54) is 25.7 Å². The van der Waals surface area contributed by atoms with Crippen molar-refractivity contribution >= 4 is 21.6 Å². The fraction of sp³-hybridized carbons (Fsp3) is 0.692. The fourth-order valence-electron chi connectivity index (χ4n) is 1.96. The lowest BCUT2D eigenvalue weighted by Gasteiger charge is -2.13. The van der Waals surface area contributed by atoms with Gasteiger partial charge in [-0.3, -0.25) is 4.79 Å². The van der Waals surface area contributed by atoms with E-state index in [1.54, 1.807) is 10.9 Å². The third-order valence-corrected chi connectivity index (χ3v) is 4.69. The Kier molecular flexibility index (Phi) is 2.96. The van der Waals surface area contributed by atoms with Crippen LogP contribution in [-0.4, -0.2) is 16.3 Å². The smallest absolute Gasteiger partial charge is 0.283 e. The van der Waals surface area contributed by atoms with Gasteiger partial charge in [0.25, 0.3) is 5.56 Å². The molecule has 1 aromatic heterocycles. The number of hydrogen-bond donors (Lipinski definition) is 1. The lowest BCUT2D eigenvalue weighted by molar-refractivity contribution is 0.531. The minimum atomic E-state index is -0.0205. The molecule has 18 heavy (non-hydrogen) atoms. The van der Waals surface area contributed by atoms with Crippen LogP contribution < -0.4 is 10.9 Å². The maximum Gasteiger partial charge on any atom is 0.283 e. The van der Waals surface area contributed by atoms with Crippen LogP contribution in [0.25, 0.3) is 0 Å². The number of nitrogens with zero attached hydrogens (tertiary/aromatic N) is 2. The van der Waals surface area contributed by atoms with Crippen LogP contribution in [-0.2, 0) is 6.54 Å². The number of nitrogens with one attached hydrogen (secondary N) is 1. The van der Waals surface area contributed by atoms with E-state index in [4.69, 9.17) is 0 Å². The van der Waals surface area contributed by atoms with Crippen molar-refractivity contribution in [3.63, 3.8) is 0 Å². The monoisotopic (exact) mass is 311 g/mol. The highest BCUT2D eigenvalue weighted by Crippen LogP contribution is 2.44. The molecule has 0 atom stereocenters. The van der Waals surface area contributed by atoms with Crippen molar-refractivity contribution in [3.05, 3.63) is 21.0 Å². The molecule has 1 aromatic rings. The first-order chi connectivity index (χ1) is 8.57. The van der Waals surface area contributed by atoms with Crippen LogP contribution in [0.5, 0.6) is 0 Å². The highest BCUT2D eigenvalue weighted by molar-refractivity contribution is 9.10. The predicted octanol–water partition coefficient (Wildman–Crippen LogP) is 2.63. The molecule has 1 N–H and O–H groups in total. The zero-order valence-corrected chi connectivity index (χ0v) is 12.2. The molecule has 1 heterocycles. The predicted molar refractivity (Wildman–Crippen MR) is 74.8 cm³/mol. The molecule has 0 bridgehead atoms. The van der Waals surface area contributed by atoms with E-state index < -0.39 is 0 Å². The van der Waals surface area contributed by atoms with Gasteiger partial charge < -0.3 is 5.32 Å². The molecule has 0 aliphatic heterocycles. The van der Waals surface area contributed by atoms with Gasteiger partial charge in [-0.15, -0.1) is 0 Å². The van der Waals surface area contributed by atoms with Crippen LogP contribution in [0.3, 0.4) is 0 Å². The molecule has 3 rings (SSSR count). The number of rotatable bonds is 5. The van der Waals surface area contributed by atoms with Gasteiger partial charge in [0.15, 0.2) is 0 Å². The Morgan fingerprint density at radius 2 is 2.28 bits per heavy atom. The maximum atomic E-state index is 12.1. The molecule has 98 valence electrons. The molecule has 2 fully saturated rings. The van der Waals surface area contributed by atoms with Crippen LogP contribution in [0.1, 0.15) is 32.6 Å². The molecule has 0 unspecified atom stereocenters. The van der Waals surface area contributed by atoms with Crippen molar-refractivity contribution in [1.29, 1.82) is 0 Å². The molecule has 0 aromatic carbocycles. The summed E-state index contributed by atoms with van der Waals surface area (Å²) in [5.74, 6) is 0.659. The van der Waals surface area contributed by atoms with Gasteiger partial charge >= 0.3 is 0 Å². The van der Waals surface area contributed by atoms with E-state index in [-0.39, 0.29) is 5.56 Å². The lowest BCUT2D eigenvalue weighted by atomic mass is 10.1. The van der Waals surface area contributed by atoms with Crippen molar-refractivity contribution in [2.24, 2.45) is 11.3 Å². The minimum absolute atomic E-state index is 0.0205. The molecule has 0 saturated heterocycles. The first-order valence-electron chi connectivity index (χ1n) is 6.57. The van der Waals surface area contributed by atoms with E-state index in [1.807, 2.05) is 0 Å². The summed E-state index contributed by atoms with van der Waals surface area (Å²) in [4.78, 5) is 12.1. The van der Waals surface area contributed by atoms with Crippen molar-refractivity contribution in [1.82, 2.24) is 9.78 Å². The van der Waals surface area contributed by atoms with Gasteiger partial charge in [-0.25, -0.2) is 4.68 Å². The van der Waals surface area contributed by atoms with Crippen LogP contribution in [0.15, 0.2) is 15.5 Å². The largest absolute Gasteiger partial charge is 0.382 e. The number of halogens is 1. The average molecular weight is 312 g/mol. The quantitative estimate of drug-likeness (QED) is 0.909. The van der Waals surface area contributed by atoms with Crippen molar-refractivity contribution < 1.29 is 0 Å². The Bertz CT molecular complexity index is 517. The Labute approximate surface area is 115 Å². The summed E-state index contributed by atoms with van der Waals surface area (Å²) in [5.41, 5.74) is 1.22. The van der Waals surface area contributed by atoms with E-state index in [0.717, 1.165) is 18.8 Å². The second-order valence-corrected chi connectivity index (χ2v) is 6.76. The molecule has 0 amide bonds. The van der Waals surface area contributed by atoms with Crippen molar-refractivity contribution in [3.8, 4) is 0 Å².